The molecular formula is C12H8Cl2N6S. The molecule has 0 unspecified atom stereocenters. The van der Waals surface area contributed by atoms with Crippen molar-refractivity contribution < 1.29 is 0 Å². The summed E-state index contributed by atoms with van der Waals surface area (Å²) in [6, 6.07) is 5.32. The van der Waals surface area contributed by atoms with E-state index >= 15 is 0 Å². The predicted octanol–water partition coefficient (Wildman–Crippen LogP) is 3.04. The summed E-state index contributed by atoms with van der Waals surface area (Å²) in [7, 11) is 0. The van der Waals surface area contributed by atoms with Gasteiger partial charge in [0.1, 0.15) is 5.03 Å². The van der Waals surface area contributed by atoms with Crippen LogP contribution in [0.2, 0.25) is 10.0 Å². The summed E-state index contributed by atoms with van der Waals surface area (Å²) in [4.78, 5) is 17.3. The number of anilines is 2. The number of benzene rings is 1. The Morgan fingerprint density at radius 1 is 1.00 bits per heavy atom. The van der Waals surface area contributed by atoms with E-state index in [1.807, 2.05) is 6.07 Å². The normalized spacial score (nSPS) is 11.0. The van der Waals surface area contributed by atoms with Crippen LogP contribution < -0.4 is 11.5 Å². The van der Waals surface area contributed by atoms with Gasteiger partial charge in [-0.25, -0.2) is 9.97 Å². The van der Waals surface area contributed by atoms with E-state index in [9.17, 15) is 0 Å². The van der Waals surface area contributed by atoms with Crippen molar-refractivity contribution in [1.29, 1.82) is 0 Å². The SMILES string of the molecule is Nc1nc(N)c2nc(Sc3ccc(Cl)c(Cl)c3)cnc2n1. The van der Waals surface area contributed by atoms with Gasteiger partial charge in [-0.05, 0) is 18.2 Å². The Balaban J connectivity index is 1.99. The van der Waals surface area contributed by atoms with Crippen molar-refractivity contribution in [3.05, 3.63) is 34.4 Å². The molecule has 21 heavy (non-hydrogen) atoms. The molecule has 0 aliphatic rings. The van der Waals surface area contributed by atoms with Crippen LogP contribution >= 0.6 is 35.0 Å². The molecule has 9 heteroatoms. The average molecular weight is 339 g/mol. The quantitative estimate of drug-likeness (QED) is 0.739. The van der Waals surface area contributed by atoms with Crippen molar-refractivity contribution in [2.24, 2.45) is 0 Å². The summed E-state index contributed by atoms with van der Waals surface area (Å²) < 4.78 is 0. The first kappa shape index (κ1) is 14.1. The Morgan fingerprint density at radius 2 is 1.81 bits per heavy atom. The van der Waals surface area contributed by atoms with Gasteiger partial charge in [0.25, 0.3) is 0 Å². The Morgan fingerprint density at radius 3 is 2.57 bits per heavy atom. The molecule has 3 aromatic rings. The van der Waals surface area contributed by atoms with Gasteiger partial charge in [-0.2, -0.15) is 9.97 Å². The topological polar surface area (TPSA) is 104 Å². The van der Waals surface area contributed by atoms with Crippen molar-refractivity contribution in [1.82, 2.24) is 19.9 Å². The molecular weight excluding hydrogens is 331 g/mol. The molecule has 0 radical (unpaired) electrons. The van der Waals surface area contributed by atoms with Crippen molar-refractivity contribution >= 4 is 57.9 Å². The number of nitrogens with two attached hydrogens (primary N) is 2. The van der Waals surface area contributed by atoms with Gasteiger partial charge in [-0.1, -0.05) is 35.0 Å². The van der Waals surface area contributed by atoms with Gasteiger partial charge in [-0.3, -0.25) is 0 Å². The molecule has 0 spiro atoms. The second kappa shape index (κ2) is 5.51. The molecule has 6 nitrogen and oxygen atoms in total. The van der Waals surface area contributed by atoms with Crippen LogP contribution in [0.5, 0.6) is 0 Å². The molecule has 0 aliphatic heterocycles. The summed E-state index contributed by atoms with van der Waals surface area (Å²) in [5, 5.41) is 1.62. The number of hydrogen-bond donors (Lipinski definition) is 2. The van der Waals surface area contributed by atoms with Crippen molar-refractivity contribution in [3.63, 3.8) is 0 Å². The molecule has 0 amide bonds. The average Bonchev–Trinajstić information content (AvgIpc) is 2.43. The Bertz CT molecular complexity index is 841. The molecule has 0 fully saturated rings. The maximum absolute atomic E-state index is 5.98. The maximum atomic E-state index is 5.98. The minimum Gasteiger partial charge on any atom is -0.382 e. The van der Waals surface area contributed by atoms with Gasteiger partial charge in [0, 0.05) is 4.90 Å². The lowest BCUT2D eigenvalue weighted by Gasteiger charge is -2.05. The molecule has 1 aromatic carbocycles. The Hall–Kier alpha value is -1.83. The van der Waals surface area contributed by atoms with Crippen LogP contribution in [0.4, 0.5) is 11.8 Å². The second-order valence-corrected chi connectivity index (χ2v) is 5.93. The monoisotopic (exact) mass is 338 g/mol. The van der Waals surface area contributed by atoms with E-state index in [1.54, 1.807) is 18.3 Å². The Kier molecular flexibility index (Phi) is 3.71. The molecule has 106 valence electrons. The first-order valence-corrected chi connectivity index (χ1v) is 7.29. The summed E-state index contributed by atoms with van der Waals surface area (Å²) in [6.07, 6.45) is 1.58. The van der Waals surface area contributed by atoms with E-state index in [-0.39, 0.29) is 11.8 Å². The van der Waals surface area contributed by atoms with Gasteiger partial charge in [0.2, 0.25) is 5.95 Å². The Labute approximate surface area is 133 Å². The fraction of sp³-hybridized carbons (Fsp3) is 0. The molecule has 0 bridgehead atoms. The van der Waals surface area contributed by atoms with Crippen LogP contribution in [-0.2, 0) is 0 Å². The van der Waals surface area contributed by atoms with Crippen LogP contribution in [0.15, 0.2) is 34.3 Å². The number of aromatic nitrogens is 4. The summed E-state index contributed by atoms with van der Waals surface area (Å²) >= 11 is 13.2. The van der Waals surface area contributed by atoms with Crippen molar-refractivity contribution in [3.8, 4) is 0 Å². The van der Waals surface area contributed by atoms with E-state index in [0.29, 0.717) is 26.2 Å². The predicted molar refractivity (Wildman–Crippen MR) is 84.5 cm³/mol. The first-order chi connectivity index (χ1) is 10.0. The van der Waals surface area contributed by atoms with Crippen LogP contribution in [-0.4, -0.2) is 19.9 Å². The van der Waals surface area contributed by atoms with Gasteiger partial charge >= 0.3 is 0 Å². The van der Waals surface area contributed by atoms with E-state index in [2.05, 4.69) is 19.9 Å². The van der Waals surface area contributed by atoms with Crippen molar-refractivity contribution in [2.45, 2.75) is 9.92 Å². The smallest absolute Gasteiger partial charge is 0.224 e. The molecule has 2 heterocycles. The highest BCUT2D eigenvalue weighted by molar-refractivity contribution is 7.99. The van der Waals surface area contributed by atoms with Crippen LogP contribution in [0, 0.1) is 0 Å². The fourth-order valence-electron chi connectivity index (χ4n) is 1.64. The first-order valence-electron chi connectivity index (χ1n) is 5.71. The largest absolute Gasteiger partial charge is 0.382 e. The number of nitrogen functional groups attached to an aromatic ring is 2. The zero-order chi connectivity index (χ0) is 15.0. The van der Waals surface area contributed by atoms with Crippen molar-refractivity contribution in [2.75, 3.05) is 11.5 Å². The highest BCUT2D eigenvalue weighted by Gasteiger charge is 2.09. The minimum absolute atomic E-state index is 0.0687. The number of fused-ring (bicyclic) bond motifs is 1. The van der Waals surface area contributed by atoms with E-state index < -0.39 is 0 Å². The van der Waals surface area contributed by atoms with Crippen LogP contribution in [0.25, 0.3) is 11.2 Å². The second-order valence-electron chi connectivity index (χ2n) is 4.03. The molecule has 4 N–H and O–H groups in total. The maximum Gasteiger partial charge on any atom is 0.224 e. The zero-order valence-corrected chi connectivity index (χ0v) is 12.7. The highest BCUT2D eigenvalue weighted by atomic mass is 35.5. The number of rotatable bonds is 2. The molecule has 0 aliphatic carbocycles. The van der Waals surface area contributed by atoms with Crippen LogP contribution in [0.3, 0.4) is 0 Å². The highest BCUT2D eigenvalue weighted by Crippen LogP contribution is 2.32. The van der Waals surface area contributed by atoms with Gasteiger partial charge in [-0.15, -0.1) is 0 Å². The summed E-state index contributed by atoms with van der Waals surface area (Å²) in [6.45, 7) is 0. The van der Waals surface area contributed by atoms with Gasteiger partial charge < -0.3 is 11.5 Å². The van der Waals surface area contributed by atoms with Gasteiger partial charge in [0.15, 0.2) is 17.0 Å². The molecule has 0 saturated heterocycles. The lowest BCUT2D eigenvalue weighted by Crippen LogP contribution is -2.03. The van der Waals surface area contributed by atoms with E-state index in [4.69, 9.17) is 34.7 Å². The zero-order valence-electron chi connectivity index (χ0n) is 10.4. The molecule has 2 aromatic heterocycles. The van der Waals surface area contributed by atoms with E-state index in [1.165, 1.54) is 11.8 Å². The van der Waals surface area contributed by atoms with Crippen LogP contribution in [0.1, 0.15) is 0 Å². The standard InChI is InChI=1S/C12H8Cl2N6S/c13-6-2-1-5(3-7(6)14)21-8-4-17-11-9(18-8)10(15)19-12(16)20-11/h1-4H,(H4,15,16,17,19,20). The lowest BCUT2D eigenvalue weighted by molar-refractivity contribution is 1.08. The van der Waals surface area contributed by atoms with E-state index in [0.717, 1.165) is 4.90 Å². The fourth-order valence-corrected chi connectivity index (χ4v) is 2.80. The van der Waals surface area contributed by atoms with Gasteiger partial charge in [0.05, 0.1) is 16.2 Å². The molecule has 3 rings (SSSR count). The summed E-state index contributed by atoms with van der Waals surface area (Å²) in [5.74, 6) is 0.265. The number of halogens is 2. The third kappa shape index (κ3) is 2.94. The minimum atomic E-state index is 0.0687. The summed E-state index contributed by atoms with van der Waals surface area (Å²) in [5.41, 5.74) is 12.1. The third-order valence-electron chi connectivity index (χ3n) is 2.54. The molecule has 0 atom stereocenters. The number of nitrogens with zero attached hydrogens (tertiary/aromatic N) is 4. The molecule has 0 saturated carbocycles. The lowest BCUT2D eigenvalue weighted by atomic mass is 10.4. The number of hydrogen-bond acceptors (Lipinski definition) is 7. The third-order valence-corrected chi connectivity index (χ3v) is 4.18.